The standard InChI is InChI=1S/C19H30FN/c1-4-13-21-19(16-11-9-15(5-2)10-12-16)17-8-6-7-14(3)18(17)20/h6-8,15-16,19,21H,4-5,9-13H2,1-3H3. The van der Waals surface area contributed by atoms with E-state index < -0.39 is 0 Å². The molecule has 1 atom stereocenters. The number of hydrogen-bond donors (Lipinski definition) is 1. The zero-order valence-electron chi connectivity index (χ0n) is 13.8. The van der Waals surface area contributed by atoms with Gasteiger partial charge in [-0.2, -0.15) is 0 Å². The molecule has 118 valence electrons. The predicted octanol–water partition coefficient (Wildman–Crippen LogP) is 5.39. The van der Waals surface area contributed by atoms with Gasteiger partial charge in [0.25, 0.3) is 0 Å². The minimum Gasteiger partial charge on any atom is -0.310 e. The van der Waals surface area contributed by atoms with Crippen molar-refractivity contribution in [1.29, 1.82) is 0 Å². The zero-order valence-corrected chi connectivity index (χ0v) is 13.8. The van der Waals surface area contributed by atoms with Gasteiger partial charge in [0, 0.05) is 11.6 Å². The summed E-state index contributed by atoms with van der Waals surface area (Å²) >= 11 is 0. The number of hydrogen-bond acceptors (Lipinski definition) is 1. The second-order valence-electron chi connectivity index (χ2n) is 6.60. The van der Waals surface area contributed by atoms with Crippen molar-refractivity contribution in [3.63, 3.8) is 0 Å². The Hall–Kier alpha value is -0.890. The minimum atomic E-state index is -0.0104. The summed E-state index contributed by atoms with van der Waals surface area (Å²) < 4.78 is 14.5. The molecular formula is C19H30FN. The Labute approximate surface area is 129 Å². The molecule has 0 spiro atoms. The van der Waals surface area contributed by atoms with Crippen LogP contribution in [0.5, 0.6) is 0 Å². The van der Waals surface area contributed by atoms with Crippen LogP contribution < -0.4 is 5.32 Å². The van der Waals surface area contributed by atoms with E-state index in [4.69, 9.17) is 0 Å². The molecule has 0 radical (unpaired) electrons. The van der Waals surface area contributed by atoms with Crippen molar-refractivity contribution in [3.8, 4) is 0 Å². The van der Waals surface area contributed by atoms with Crippen LogP contribution in [0, 0.1) is 24.6 Å². The van der Waals surface area contributed by atoms with Gasteiger partial charge >= 0.3 is 0 Å². The molecule has 0 amide bonds. The highest BCUT2D eigenvalue weighted by atomic mass is 19.1. The van der Waals surface area contributed by atoms with Crippen LogP contribution in [-0.2, 0) is 0 Å². The number of nitrogens with one attached hydrogen (secondary N) is 1. The topological polar surface area (TPSA) is 12.0 Å². The summed E-state index contributed by atoms with van der Waals surface area (Å²) in [6, 6.07) is 6.01. The van der Waals surface area contributed by atoms with E-state index in [9.17, 15) is 4.39 Å². The quantitative estimate of drug-likeness (QED) is 0.741. The van der Waals surface area contributed by atoms with E-state index >= 15 is 0 Å². The molecule has 1 aliphatic rings. The van der Waals surface area contributed by atoms with Crippen molar-refractivity contribution in [1.82, 2.24) is 5.32 Å². The van der Waals surface area contributed by atoms with Crippen molar-refractivity contribution in [3.05, 3.63) is 35.1 Å². The Bertz CT molecular complexity index is 435. The van der Waals surface area contributed by atoms with Crippen LogP contribution in [0.4, 0.5) is 4.39 Å². The smallest absolute Gasteiger partial charge is 0.130 e. The van der Waals surface area contributed by atoms with E-state index in [1.54, 1.807) is 0 Å². The lowest BCUT2D eigenvalue weighted by Gasteiger charge is -2.35. The van der Waals surface area contributed by atoms with Gasteiger partial charge in [-0.1, -0.05) is 51.3 Å². The van der Waals surface area contributed by atoms with Gasteiger partial charge in [-0.05, 0) is 50.1 Å². The Kier molecular flexibility index (Phi) is 6.22. The summed E-state index contributed by atoms with van der Waals surface area (Å²) in [7, 11) is 0. The van der Waals surface area contributed by atoms with Crippen LogP contribution in [-0.4, -0.2) is 6.54 Å². The molecule has 1 nitrogen and oxygen atoms in total. The molecule has 1 aromatic carbocycles. The molecule has 0 aromatic heterocycles. The molecule has 1 fully saturated rings. The number of aryl methyl sites for hydroxylation is 1. The molecule has 21 heavy (non-hydrogen) atoms. The van der Waals surface area contributed by atoms with Crippen molar-refractivity contribution in [2.24, 2.45) is 11.8 Å². The lowest BCUT2D eigenvalue weighted by atomic mass is 9.75. The van der Waals surface area contributed by atoms with Gasteiger partial charge < -0.3 is 5.32 Å². The van der Waals surface area contributed by atoms with E-state index in [0.717, 1.165) is 30.0 Å². The SMILES string of the molecule is CCCNC(c1cccc(C)c1F)C1CCC(CC)CC1. The molecule has 0 bridgehead atoms. The molecule has 1 aromatic rings. The van der Waals surface area contributed by atoms with Gasteiger partial charge in [-0.15, -0.1) is 0 Å². The summed E-state index contributed by atoms with van der Waals surface area (Å²) in [4.78, 5) is 0. The average Bonchev–Trinajstić information content (AvgIpc) is 2.52. The maximum Gasteiger partial charge on any atom is 0.130 e. The summed E-state index contributed by atoms with van der Waals surface area (Å²) in [5.74, 6) is 1.45. The molecule has 1 aliphatic carbocycles. The number of halogens is 1. The van der Waals surface area contributed by atoms with Gasteiger partial charge in [0.15, 0.2) is 0 Å². The molecule has 2 rings (SSSR count). The van der Waals surface area contributed by atoms with Crippen molar-refractivity contribution in [2.45, 2.75) is 65.3 Å². The first-order chi connectivity index (χ1) is 10.2. The summed E-state index contributed by atoms with van der Waals surface area (Å²) in [6.45, 7) is 7.29. The number of rotatable bonds is 6. The first-order valence-corrected chi connectivity index (χ1v) is 8.65. The Morgan fingerprint density at radius 3 is 2.52 bits per heavy atom. The third-order valence-corrected chi connectivity index (χ3v) is 5.11. The van der Waals surface area contributed by atoms with Crippen LogP contribution in [0.2, 0.25) is 0 Å². The maximum absolute atomic E-state index is 14.5. The first kappa shape index (κ1) is 16.5. The Balaban J connectivity index is 2.16. The van der Waals surface area contributed by atoms with Crippen LogP contribution in [0.1, 0.15) is 69.5 Å². The van der Waals surface area contributed by atoms with E-state index in [0.29, 0.717) is 5.92 Å². The van der Waals surface area contributed by atoms with Crippen LogP contribution >= 0.6 is 0 Å². The molecule has 0 aliphatic heterocycles. The maximum atomic E-state index is 14.5. The van der Waals surface area contributed by atoms with Crippen LogP contribution in [0.3, 0.4) is 0 Å². The van der Waals surface area contributed by atoms with Gasteiger partial charge in [-0.25, -0.2) is 4.39 Å². The highest BCUT2D eigenvalue weighted by Gasteiger charge is 2.29. The fourth-order valence-electron chi connectivity index (χ4n) is 3.67. The Morgan fingerprint density at radius 1 is 1.19 bits per heavy atom. The van der Waals surface area contributed by atoms with Gasteiger partial charge in [0.2, 0.25) is 0 Å². The largest absolute Gasteiger partial charge is 0.310 e. The monoisotopic (exact) mass is 291 g/mol. The Morgan fingerprint density at radius 2 is 1.90 bits per heavy atom. The molecule has 1 N–H and O–H groups in total. The fraction of sp³-hybridized carbons (Fsp3) is 0.684. The van der Waals surface area contributed by atoms with Crippen LogP contribution in [0.15, 0.2) is 18.2 Å². The number of benzene rings is 1. The summed E-state index contributed by atoms with van der Waals surface area (Å²) in [6.07, 6.45) is 7.45. The van der Waals surface area contributed by atoms with E-state index in [1.807, 2.05) is 25.1 Å². The van der Waals surface area contributed by atoms with Gasteiger partial charge in [0.1, 0.15) is 5.82 Å². The lowest BCUT2D eigenvalue weighted by Crippen LogP contribution is -2.32. The molecule has 2 heteroatoms. The second kappa shape index (κ2) is 7.93. The zero-order chi connectivity index (χ0) is 15.2. The molecule has 1 unspecified atom stereocenters. The molecule has 0 saturated heterocycles. The normalized spacial score (nSPS) is 24.0. The third kappa shape index (κ3) is 4.06. The van der Waals surface area contributed by atoms with Crippen LogP contribution in [0.25, 0.3) is 0 Å². The predicted molar refractivity (Wildman–Crippen MR) is 87.9 cm³/mol. The van der Waals surface area contributed by atoms with E-state index in [1.165, 1.54) is 32.1 Å². The van der Waals surface area contributed by atoms with E-state index in [2.05, 4.69) is 19.2 Å². The van der Waals surface area contributed by atoms with Crippen molar-refractivity contribution >= 4 is 0 Å². The molecule has 1 saturated carbocycles. The van der Waals surface area contributed by atoms with Crippen molar-refractivity contribution < 1.29 is 4.39 Å². The highest BCUT2D eigenvalue weighted by molar-refractivity contribution is 5.28. The first-order valence-electron chi connectivity index (χ1n) is 8.65. The van der Waals surface area contributed by atoms with Gasteiger partial charge in [0.05, 0.1) is 0 Å². The summed E-state index contributed by atoms with van der Waals surface area (Å²) in [5, 5.41) is 3.62. The lowest BCUT2D eigenvalue weighted by molar-refractivity contribution is 0.216. The van der Waals surface area contributed by atoms with E-state index in [-0.39, 0.29) is 11.9 Å². The minimum absolute atomic E-state index is 0.0104. The highest BCUT2D eigenvalue weighted by Crippen LogP contribution is 2.38. The van der Waals surface area contributed by atoms with Gasteiger partial charge in [-0.3, -0.25) is 0 Å². The average molecular weight is 291 g/mol. The second-order valence-corrected chi connectivity index (χ2v) is 6.60. The third-order valence-electron chi connectivity index (χ3n) is 5.11. The summed E-state index contributed by atoms with van der Waals surface area (Å²) in [5.41, 5.74) is 1.64. The molecule has 0 heterocycles. The molecular weight excluding hydrogens is 261 g/mol. The van der Waals surface area contributed by atoms with Crippen molar-refractivity contribution in [2.75, 3.05) is 6.54 Å². The fourth-order valence-corrected chi connectivity index (χ4v) is 3.67.